The molecule has 1 aliphatic heterocycles. The molecular formula is C20H22Cl2N4O2. The van der Waals surface area contributed by atoms with Gasteiger partial charge in [0, 0.05) is 35.7 Å². The summed E-state index contributed by atoms with van der Waals surface area (Å²) >= 11 is 12.4. The van der Waals surface area contributed by atoms with Gasteiger partial charge in [-0.25, -0.2) is 4.68 Å². The summed E-state index contributed by atoms with van der Waals surface area (Å²) in [5.41, 5.74) is 7.82. The van der Waals surface area contributed by atoms with Gasteiger partial charge in [-0.3, -0.25) is 9.59 Å². The molecule has 2 heterocycles. The minimum Gasteiger partial charge on any atom is -0.369 e. The first-order valence-corrected chi connectivity index (χ1v) is 9.84. The Hall–Kier alpha value is -2.31. The van der Waals surface area contributed by atoms with E-state index in [4.69, 9.17) is 28.9 Å². The molecular weight excluding hydrogens is 399 g/mol. The molecule has 1 aromatic carbocycles. The topological polar surface area (TPSA) is 81.2 Å². The number of carbonyl (C=O) groups is 2. The van der Waals surface area contributed by atoms with E-state index in [1.54, 1.807) is 15.7 Å². The van der Waals surface area contributed by atoms with Crippen molar-refractivity contribution >= 4 is 41.1 Å². The number of nitrogens with zero attached hydrogens (tertiary/aromatic N) is 3. The minimum absolute atomic E-state index is 0.108. The van der Waals surface area contributed by atoms with E-state index in [1.165, 1.54) is 6.08 Å². The maximum Gasteiger partial charge on any atom is 0.246 e. The normalized spacial score (nSPS) is 15.3. The zero-order valence-corrected chi connectivity index (χ0v) is 17.1. The van der Waals surface area contributed by atoms with E-state index >= 15 is 0 Å². The molecule has 0 radical (unpaired) electrons. The third-order valence-corrected chi connectivity index (χ3v) is 5.61. The van der Waals surface area contributed by atoms with Gasteiger partial charge >= 0.3 is 0 Å². The zero-order chi connectivity index (χ0) is 20.3. The first-order chi connectivity index (χ1) is 13.3. The maximum atomic E-state index is 12.4. The summed E-state index contributed by atoms with van der Waals surface area (Å²) in [6.07, 6.45) is 4.42. The van der Waals surface area contributed by atoms with E-state index in [0.29, 0.717) is 42.7 Å². The van der Waals surface area contributed by atoms with E-state index in [-0.39, 0.29) is 17.7 Å². The van der Waals surface area contributed by atoms with Crippen LogP contribution in [0.1, 0.15) is 29.7 Å². The Balaban J connectivity index is 1.67. The van der Waals surface area contributed by atoms with Crippen molar-refractivity contribution in [3.8, 4) is 0 Å². The second-order valence-corrected chi connectivity index (χ2v) is 7.70. The predicted molar refractivity (Wildman–Crippen MR) is 110 cm³/mol. The number of piperidine rings is 1. The fraction of sp³-hybridized carbons (Fsp3) is 0.350. The number of halogens is 2. The van der Waals surface area contributed by atoms with Crippen LogP contribution in [0.25, 0.3) is 6.08 Å². The molecule has 0 saturated carbocycles. The van der Waals surface area contributed by atoms with Crippen LogP contribution in [0.5, 0.6) is 0 Å². The number of aryl methyl sites for hydroxylation is 1. The number of rotatable bonds is 5. The smallest absolute Gasteiger partial charge is 0.246 e. The molecule has 8 heteroatoms. The first kappa shape index (κ1) is 20.4. The van der Waals surface area contributed by atoms with Gasteiger partial charge in [0.15, 0.2) is 0 Å². The molecule has 3 rings (SSSR count). The Kier molecular flexibility index (Phi) is 6.42. The summed E-state index contributed by atoms with van der Waals surface area (Å²) in [7, 11) is 0. The molecule has 6 nitrogen and oxygen atoms in total. The van der Waals surface area contributed by atoms with E-state index in [2.05, 4.69) is 5.10 Å². The molecule has 0 bridgehead atoms. The average molecular weight is 421 g/mol. The van der Waals surface area contributed by atoms with E-state index in [1.807, 2.05) is 31.2 Å². The lowest BCUT2D eigenvalue weighted by Gasteiger charge is -2.29. The van der Waals surface area contributed by atoms with Gasteiger partial charge in [0.25, 0.3) is 0 Å². The number of likely N-dealkylation sites (tertiary alicyclic amines) is 1. The molecule has 148 valence electrons. The third-order valence-electron chi connectivity index (χ3n) is 4.96. The highest BCUT2D eigenvalue weighted by atomic mass is 35.5. The Bertz CT molecular complexity index is 898. The number of nitrogens with two attached hydrogens (primary N) is 1. The van der Waals surface area contributed by atoms with Gasteiger partial charge in [0.1, 0.15) is 5.15 Å². The van der Waals surface area contributed by atoms with Gasteiger partial charge in [-0.15, -0.1) is 0 Å². The van der Waals surface area contributed by atoms with Gasteiger partial charge in [-0.05, 0) is 43.5 Å². The molecule has 2 N–H and O–H groups in total. The van der Waals surface area contributed by atoms with Crippen LogP contribution in [-0.4, -0.2) is 39.6 Å². The van der Waals surface area contributed by atoms with Gasteiger partial charge in [-0.2, -0.15) is 5.10 Å². The van der Waals surface area contributed by atoms with Gasteiger partial charge in [-0.1, -0.05) is 35.3 Å². The standard InChI is InChI=1S/C20H22Cl2N4O2/c1-13-17(6-7-18(27)25-10-8-15(9-11-25)20(23)28)19(22)26(24-13)12-14-2-4-16(21)5-3-14/h2-7,15H,8-12H2,1H3,(H2,23,28)/b7-6+. The molecule has 2 amide bonds. The van der Waals surface area contributed by atoms with Crippen LogP contribution in [0, 0.1) is 12.8 Å². The van der Waals surface area contributed by atoms with Crippen molar-refractivity contribution < 1.29 is 9.59 Å². The van der Waals surface area contributed by atoms with Crippen molar-refractivity contribution in [2.24, 2.45) is 11.7 Å². The molecule has 1 fully saturated rings. The lowest BCUT2D eigenvalue weighted by Crippen LogP contribution is -2.41. The number of aromatic nitrogens is 2. The predicted octanol–water partition coefficient (Wildman–Crippen LogP) is 3.28. The zero-order valence-electron chi connectivity index (χ0n) is 15.6. The molecule has 1 aromatic heterocycles. The van der Waals surface area contributed by atoms with E-state index < -0.39 is 0 Å². The number of primary amides is 1. The summed E-state index contributed by atoms with van der Waals surface area (Å²) in [4.78, 5) is 25.4. The number of carbonyl (C=O) groups excluding carboxylic acids is 2. The Labute approximate surface area is 173 Å². The second-order valence-electron chi connectivity index (χ2n) is 6.91. The quantitative estimate of drug-likeness (QED) is 0.753. The molecule has 0 spiro atoms. The highest BCUT2D eigenvalue weighted by Gasteiger charge is 2.25. The summed E-state index contributed by atoms with van der Waals surface area (Å²) in [5, 5.41) is 5.62. The average Bonchev–Trinajstić information content (AvgIpc) is 2.94. The second kappa shape index (κ2) is 8.80. The molecule has 0 unspecified atom stereocenters. The third kappa shape index (κ3) is 4.75. The van der Waals surface area contributed by atoms with Crippen molar-refractivity contribution in [2.45, 2.75) is 26.3 Å². The van der Waals surface area contributed by atoms with Crippen LogP contribution in [0.4, 0.5) is 0 Å². The molecule has 0 aliphatic carbocycles. The highest BCUT2D eigenvalue weighted by Crippen LogP contribution is 2.23. The van der Waals surface area contributed by atoms with Crippen LogP contribution in [0.3, 0.4) is 0 Å². The maximum absolute atomic E-state index is 12.4. The van der Waals surface area contributed by atoms with Crippen LogP contribution in [-0.2, 0) is 16.1 Å². The molecule has 28 heavy (non-hydrogen) atoms. The van der Waals surface area contributed by atoms with Crippen molar-refractivity contribution in [2.75, 3.05) is 13.1 Å². The summed E-state index contributed by atoms with van der Waals surface area (Å²) in [6, 6.07) is 7.49. The van der Waals surface area contributed by atoms with Crippen LogP contribution < -0.4 is 5.73 Å². The largest absolute Gasteiger partial charge is 0.369 e. The minimum atomic E-state index is -0.293. The monoisotopic (exact) mass is 420 g/mol. The first-order valence-electron chi connectivity index (χ1n) is 9.09. The van der Waals surface area contributed by atoms with Crippen molar-refractivity contribution in [3.05, 3.63) is 57.3 Å². The van der Waals surface area contributed by atoms with E-state index in [0.717, 1.165) is 16.8 Å². The number of benzene rings is 1. The van der Waals surface area contributed by atoms with Crippen LogP contribution >= 0.6 is 23.2 Å². The van der Waals surface area contributed by atoms with Gasteiger partial charge in [0.2, 0.25) is 11.8 Å². The van der Waals surface area contributed by atoms with Gasteiger partial charge < -0.3 is 10.6 Å². The Morgan fingerprint density at radius 2 is 1.86 bits per heavy atom. The summed E-state index contributed by atoms with van der Waals surface area (Å²) in [6.45, 7) is 3.42. The molecule has 1 aliphatic rings. The summed E-state index contributed by atoms with van der Waals surface area (Å²) < 4.78 is 1.70. The number of hydrogen-bond donors (Lipinski definition) is 1. The SMILES string of the molecule is Cc1nn(Cc2ccc(Cl)cc2)c(Cl)c1/C=C/C(=O)N1CCC(C(N)=O)CC1. The summed E-state index contributed by atoms with van der Waals surface area (Å²) in [5.74, 6) is -0.544. The molecule has 0 atom stereocenters. The lowest BCUT2D eigenvalue weighted by atomic mass is 9.96. The molecule has 2 aromatic rings. The Morgan fingerprint density at radius 3 is 2.46 bits per heavy atom. The fourth-order valence-corrected chi connectivity index (χ4v) is 3.69. The van der Waals surface area contributed by atoms with E-state index in [9.17, 15) is 9.59 Å². The number of amides is 2. The fourth-order valence-electron chi connectivity index (χ4n) is 3.27. The van der Waals surface area contributed by atoms with Gasteiger partial charge in [0.05, 0.1) is 12.2 Å². The van der Waals surface area contributed by atoms with Crippen LogP contribution in [0.15, 0.2) is 30.3 Å². The van der Waals surface area contributed by atoms with Crippen molar-refractivity contribution in [3.63, 3.8) is 0 Å². The van der Waals surface area contributed by atoms with Crippen molar-refractivity contribution in [1.29, 1.82) is 0 Å². The van der Waals surface area contributed by atoms with Crippen LogP contribution in [0.2, 0.25) is 10.2 Å². The molecule has 1 saturated heterocycles. The lowest BCUT2D eigenvalue weighted by molar-refractivity contribution is -0.130. The highest BCUT2D eigenvalue weighted by molar-refractivity contribution is 6.31. The number of hydrogen-bond acceptors (Lipinski definition) is 3. The van der Waals surface area contributed by atoms with Crippen molar-refractivity contribution in [1.82, 2.24) is 14.7 Å². The Morgan fingerprint density at radius 1 is 1.21 bits per heavy atom.